The number of aliphatic hydroxyl groups excluding tert-OH is 1. The minimum atomic E-state index is -4.59. The molecular formula is C23H25F3N2O4. The number of likely N-dealkylation sites (tertiary alicyclic amines) is 1. The van der Waals surface area contributed by atoms with Crippen LogP contribution in [-0.2, 0) is 15.8 Å². The Bertz CT molecular complexity index is 913. The van der Waals surface area contributed by atoms with E-state index in [1.54, 1.807) is 17.0 Å². The van der Waals surface area contributed by atoms with Gasteiger partial charge in [-0.15, -0.1) is 0 Å². The van der Waals surface area contributed by atoms with E-state index in [2.05, 4.69) is 5.32 Å². The van der Waals surface area contributed by atoms with Crippen molar-refractivity contribution in [2.45, 2.75) is 25.1 Å². The van der Waals surface area contributed by atoms with Gasteiger partial charge in [-0.3, -0.25) is 9.59 Å². The number of ether oxygens (including phenoxy) is 1. The summed E-state index contributed by atoms with van der Waals surface area (Å²) in [6, 6.07) is 13.7. The molecule has 3 rings (SSSR count). The van der Waals surface area contributed by atoms with Crippen LogP contribution in [0.5, 0.6) is 5.75 Å². The minimum absolute atomic E-state index is 0.0916. The number of halogens is 3. The summed E-state index contributed by atoms with van der Waals surface area (Å²) in [7, 11) is 0. The van der Waals surface area contributed by atoms with Crippen molar-refractivity contribution in [3.63, 3.8) is 0 Å². The number of aliphatic hydroxyl groups is 1. The van der Waals surface area contributed by atoms with Gasteiger partial charge in [-0.1, -0.05) is 36.4 Å². The van der Waals surface area contributed by atoms with E-state index in [1.165, 1.54) is 18.2 Å². The van der Waals surface area contributed by atoms with E-state index in [-0.39, 0.29) is 36.4 Å². The Hall–Kier alpha value is -3.07. The Balaban J connectivity index is 1.44. The largest absolute Gasteiger partial charge is 0.484 e. The zero-order valence-electron chi connectivity index (χ0n) is 17.3. The summed E-state index contributed by atoms with van der Waals surface area (Å²) in [5.41, 5.74) is -1.20. The van der Waals surface area contributed by atoms with Gasteiger partial charge in [0.15, 0.2) is 6.61 Å². The van der Waals surface area contributed by atoms with Crippen LogP contribution in [0.15, 0.2) is 54.6 Å². The molecule has 6 nitrogen and oxygen atoms in total. The van der Waals surface area contributed by atoms with E-state index in [1.807, 2.05) is 18.2 Å². The fourth-order valence-corrected chi connectivity index (χ4v) is 3.64. The maximum Gasteiger partial charge on any atom is 0.416 e. The van der Waals surface area contributed by atoms with Gasteiger partial charge in [-0.25, -0.2) is 0 Å². The highest BCUT2D eigenvalue weighted by Crippen LogP contribution is 2.34. The van der Waals surface area contributed by atoms with E-state index in [4.69, 9.17) is 4.74 Å². The number of hydrogen-bond donors (Lipinski definition) is 2. The number of benzene rings is 2. The molecule has 1 fully saturated rings. The Kier molecular flexibility index (Phi) is 7.74. The molecule has 1 heterocycles. The first-order chi connectivity index (χ1) is 15.3. The number of alkyl halides is 3. The third-order valence-corrected chi connectivity index (χ3v) is 5.42. The molecule has 0 saturated carbocycles. The summed E-state index contributed by atoms with van der Waals surface area (Å²) in [5, 5.41) is 12.7. The molecule has 0 radical (unpaired) electrons. The Labute approximate surface area is 184 Å². The summed E-state index contributed by atoms with van der Waals surface area (Å²) < 4.78 is 44.8. The van der Waals surface area contributed by atoms with Gasteiger partial charge >= 0.3 is 6.18 Å². The monoisotopic (exact) mass is 450 g/mol. The van der Waals surface area contributed by atoms with Crippen LogP contribution in [0.2, 0.25) is 0 Å². The molecule has 2 N–H and O–H groups in total. The molecule has 32 heavy (non-hydrogen) atoms. The quantitative estimate of drug-likeness (QED) is 0.679. The number of para-hydroxylation sites is 1. The highest BCUT2D eigenvalue weighted by atomic mass is 19.4. The second kappa shape index (κ2) is 10.5. The molecular weight excluding hydrogens is 425 g/mol. The van der Waals surface area contributed by atoms with Gasteiger partial charge in [0, 0.05) is 25.6 Å². The lowest BCUT2D eigenvalue weighted by Crippen LogP contribution is -2.45. The van der Waals surface area contributed by atoms with E-state index in [0.717, 1.165) is 6.07 Å². The molecule has 0 aromatic heterocycles. The summed E-state index contributed by atoms with van der Waals surface area (Å²) in [6.45, 7) is 0.352. The predicted octanol–water partition coefficient (Wildman–Crippen LogP) is 3.17. The van der Waals surface area contributed by atoms with Crippen molar-refractivity contribution in [2.24, 2.45) is 5.92 Å². The first kappa shape index (κ1) is 23.6. The topological polar surface area (TPSA) is 78.9 Å². The van der Waals surface area contributed by atoms with Crippen LogP contribution < -0.4 is 10.1 Å². The molecule has 1 saturated heterocycles. The van der Waals surface area contributed by atoms with Crippen molar-refractivity contribution >= 4 is 11.8 Å². The van der Waals surface area contributed by atoms with Gasteiger partial charge in [-0.05, 0) is 36.6 Å². The number of carbonyl (C=O) groups excluding carboxylic acids is 2. The van der Waals surface area contributed by atoms with Crippen LogP contribution in [0.25, 0.3) is 0 Å². The average molecular weight is 450 g/mol. The summed E-state index contributed by atoms with van der Waals surface area (Å²) in [5.74, 6) is -0.298. The Morgan fingerprint density at radius 1 is 1.06 bits per heavy atom. The summed E-state index contributed by atoms with van der Waals surface area (Å²) in [4.78, 5) is 26.4. The highest BCUT2D eigenvalue weighted by Gasteiger charge is 2.35. The van der Waals surface area contributed by atoms with Crippen LogP contribution in [0.4, 0.5) is 13.2 Å². The second-order valence-corrected chi connectivity index (χ2v) is 7.60. The highest BCUT2D eigenvalue weighted by molar-refractivity contribution is 5.80. The molecule has 2 amide bonds. The molecule has 0 aliphatic carbocycles. The van der Waals surface area contributed by atoms with Crippen LogP contribution in [0.1, 0.15) is 30.1 Å². The van der Waals surface area contributed by atoms with Gasteiger partial charge in [0.1, 0.15) is 5.75 Å². The number of hydrogen-bond acceptors (Lipinski definition) is 4. The van der Waals surface area contributed by atoms with Gasteiger partial charge in [0.05, 0.1) is 11.7 Å². The SMILES string of the molecule is O=C(NCC(O)c1ccccc1C(F)(F)F)C1CCN(C(=O)COc2ccccc2)CC1. The van der Waals surface area contributed by atoms with Crippen LogP contribution in [0, 0.1) is 5.92 Å². The third-order valence-electron chi connectivity index (χ3n) is 5.42. The molecule has 1 atom stereocenters. The van der Waals surface area contributed by atoms with E-state index in [0.29, 0.717) is 31.7 Å². The fourth-order valence-electron chi connectivity index (χ4n) is 3.64. The van der Waals surface area contributed by atoms with Crippen molar-refractivity contribution in [1.29, 1.82) is 0 Å². The number of nitrogens with one attached hydrogen (secondary N) is 1. The molecule has 1 unspecified atom stereocenters. The summed E-state index contributed by atoms with van der Waals surface area (Å²) >= 11 is 0. The van der Waals surface area contributed by atoms with Gasteiger partial charge < -0.3 is 20.1 Å². The number of rotatable bonds is 7. The Morgan fingerprint density at radius 3 is 2.34 bits per heavy atom. The first-order valence-electron chi connectivity index (χ1n) is 10.3. The summed E-state index contributed by atoms with van der Waals surface area (Å²) in [6.07, 6.45) is -5.21. The van der Waals surface area contributed by atoms with Crippen molar-refractivity contribution in [3.05, 3.63) is 65.7 Å². The lowest BCUT2D eigenvalue weighted by atomic mass is 9.95. The van der Waals surface area contributed by atoms with Crippen molar-refractivity contribution in [1.82, 2.24) is 10.2 Å². The molecule has 1 aliphatic heterocycles. The molecule has 0 spiro atoms. The van der Waals surface area contributed by atoms with Crippen molar-refractivity contribution < 1.29 is 32.6 Å². The maximum atomic E-state index is 13.1. The number of carbonyl (C=O) groups is 2. The number of amides is 2. The van der Waals surface area contributed by atoms with Crippen LogP contribution in [-0.4, -0.2) is 48.1 Å². The smallest absolute Gasteiger partial charge is 0.416 e. The first-order valence-corrected chi connectivity index (χ1v) is 10.3. The Morgan fingerprint density at radius 2 is 1.69 bits per heavy atom. The zero-order chi connectivity index (χ0) is 23.1. The lowest BCUT2D eigenvalue weighted by molar-refractivity contribution is -0.139. The van der Waals surface area contributed by atoms with E-state index >= 15 is 0 Å². The molecule has 1 aliphatic rings. The van der Waals surface area contributed by atoms with E-state index in [9.17, 15) is 27.9 Å². The molecule has 2 aromatic carbocycles. The minimum Gasteiger partial charge on any atom is -0.484 e. The molecule has 9 heteroatoms. The van der Waals surface area contributed by atoms with Crippen LogP contribution in [0.3, 0.4) is 0 Å². The van der Waals surface area contributed by atoms with Gasteiger partial charge in [0.25, 0.3) is 5.91 Å². The fraction of sp³-hybridized carbons (Fsp3) is 0.391. The molecule has 0 bridgehead atoms. The average Bonchev–Trinajstić information content (AvgIpc) is 2.81. The predicted molar refractivity (Wildman–Crippen MR) is 111 cm³/mol. The van der Waals surface area contributed by atoms with Crippen LogP contribution >= 0.6 is 0 Å². The lowest BCUT2D eigenvalue weighted by Gasteiger charge is -2.31. The van der Waals surface area contributed by atoms with Crippen molar-refractivity contribution in [3.8, 4) is 5.75 Å². The normalized spacial score (nSPS) is 15.8. The van der Waals surface area contributed by atoms with Crippen molar-refractivity contribution in [2.75, 3.05) is 26.2 Å². The van der Waals surface area contributed by atoms with Gasteiger partial charge in [-0.2, -0.15) is 13.2 Å². The zero-order valence-corrected chi connectivity index (χ0v) is 17.3. The van der Waals surface area contributed by atoms with Gasteiger partial charge in [0.2, 0.25) is 5.91 Å². The van der Waals surface area contributed by atoms with E-state index < -0.39 is 17.8 Å². The number of piperidine rings is 1. The maximum absolute atomic E-state index is 13.1. The third kappa shape index (κ3) is 6.23. The number of nitrogens with zero attached hydrogens (tertiary/aromatic N) is 1. The standard InChI is InChI=1S/C23H25F3N2O4/c24-23(25,26)19-9-5-4-8-18(19)20(29)14-27-22(31)16-10-12-28(13-11-16)21(30)15-32-17-6-2-1-3-7-17/h1-9,16,20,29H,10-15H2,(H,27,31). The second-order valence-electron chi connectivity index (χ2n) is 7.60. The molecule has 2 aromatic rings. The molecule has 172 valence electrons.